The van der Waals surface area contributed by atoms with E-state index in [4.69, 9.17) is 0 Å². The molecule has 5 rings (SSSR count). The molecule has 1 aliphatic carbocycles. The van der Waals surface area contributed by atoms with Crippen molar-refractivity contribution in [2.75, 3.05) is 38.1 Å². The normalized spacial score (nSPS) is 37.2. The van der Waals surface area contributed by atoms with Gasteiger partial charge in [-0.1, -0.05) is 32.0 Å². The van der Waals surface area contributed by atoms with Crippen molar-refractivity contribution in [3.8, 4) is 0 Å². The Morgan fingerprint density at radius 2 is 1.60 bits per heavy atom. The monoisotopic (exact) mass is 409 g/mol. The number of anilines is 1. The van der Waals surface area contributed by atoms with Gasteiger partial charge in [0.1, 0.15) is 0 Å². The predicted molar refractivity (Wildman–Crippen MR) is 127 cm³/mol. The van der Waals surface area contributed by atoms with E-state index in [2.05, 4.69) is 72.9 Å². The zero-order chi connectivity index (χ0) is 20.9. The molecule has 3 aliphatic heterocycles. The number of hydrogen-bond donors (Lipinski definition) is 0. The fourth-order valence-corrected chi connectivity index (χ4v) is 7.74. The van der Waals surface area contributed by atoms with Crippen LogP contribution in [0.5, 0.6) is 0 Å². The molecule has 1 aromatic carbocycles. The van der Waals surface area contributed by atoms with Crippen molar-refractivity contribution in [3.05, 3.63) is 30.3 Å². The largest absolute Gasteiger partial charge is 0.365 e. The van der Waals surface area contributed by atoms with Crippen LogP contribution >= 0.6 is 0 Å². The van der Waals surface area contributed by atoms with E-state index in [1.165, 1.54) is 70.4 Å². The van der Waals surface area contributed by atoms with E-state index < -0.39 is 0 Å². The van der Waals surface area contributed by atoms with Gasteiger partial charge >= 0.3 is 0 Å². The van der Waals surface area contributed by atoms with Crippen LogP contribution in [0.2, 0.25) is 0 Å². The molecule has 3 saturated heterocycles. The van der Waals surface area contributed by atoms with Gasteiger partial charge in [0.25, 0.3) is 0 Å². The lowest BCUT2D eigenvalue weighted by Crippen LogP contribution is -2.58. The van der Waals surface area contributed by atoms with Crippen molar-refractivity contribution in [3.63, 3.8) is 0 Å². The summed E-state index contributed by atoms with van der Waals surface area (Å²) in [5, 5.41) is 0. The predicted octanol–water partition coefficient (Wildman–Crippen LogP) is 5.12. The highest BCUT2D eigenvalue weighted by molar-refractivity contribution is 5.52. The lowest BCUT2D eigenvalue weighted by molar-refractivity contribution is 0.0640. The van der Waals surface area contributed by atoms with Gasteiger partial charge < -0.3 is 14.7 Å². The minimum absolute atomic E-state index is 0.372. The summed E-state index contributed by atoms with van der Waals surface area (Å²) in [6.45, 7) is 12.5. The molecule has 1 spiro atoms. The first kappa shape index (κ1) is 20.8. The maximum Gasteiger partial charge on any atom is 0.0470 e. The Morgan fingerprint density at radius 3 is 2.23 bits per heavy atom. The second-order valence-corrected chi connectivity index (χ2v) is 11.3. The number of benzene rings is 1. The first-order valence-corrected chi connectivity index (χ1v) is 12.8. The summed E-state index contributed by atoms with van der Waals surface area (Å²) in [5.41, 5.74) is 1.84. The number of nitrogens with zero attached hydrogens (tertiary/aromatic N) is 3. The number of para-hydroxylation sites is 1. The van der Waals surface area contributed by atoms with Gasteiger partial charge in [0.2, 0.25) is 0 Å². The lowest BCUT2D eigenvalue weighted by atomic mass is 9.73. The third-order valence-corrected chi connectivity index (χ3v) is 9.87. The third kappa shape index (κ3) is 3.41. The van der Waals surface area contributed by atoms with Gasteiger partial charge in [-0.2, -0.15) is 0 Å². The Hall–Kier alpha value is -1.06. The SMILES string of the molecule is CC(C)C1CCC(N2CCC3(CC2)C2CN(C)C(C)C2CN3c2ccccc2)CC1. The summed E-state index contributed by atoms with van der Waals surface area (Å²) in [7, 11) is 2.35. The summed E-state index contributed by atoms with van der Waals surface area (Å²) in [6, 6.07) is 12.9. The van der Waals surface area contributed by atoms with Crippen LogP contribution in [0.25, 0.3) is 0 Å². The fraction of sp³-hybridized carbons (Fsp3) is 0.778. The molecule has 166 valence electrons. The average Bonchev–Trinajstić information content (AvgIpc) is 3.23. The van der Waals surface area contributed by atoms with E-state index in [0.29, 0.717) is 11.6 Å². The highest BCUT2D eigenvalue weighted by Gasteiger charge is 2.59. The number of fused-ring (bicyclic) bond motifs is 2. The van der Waals surface area contributed by atoms with E-state index in [-0.39, 0.29) is 0 Å². The quantitative estimate of drug-likeness (QED) is 0.686. The summed E-state index contributed by atoms with van der Waals surface area (Å²) < 4.78 is 0. The second-order valence-electron chi connectivity index (χ2n) is 11.3. The van der Waals surface area contributed by atoms with E-state index in [1.807, 2.05) is 0 Å². The maximum absolute atomic E-state index is 2.89. The van der Waals surface area contributed by atoms with Gasteiger partial charge in [-0.25, -0.2) is 0 Å². The molecule has 30 heavy (non-hydrogen) atoms. The molecule has 4 aliphatic rings. The first-order chi connectivity index (χ1) is 14.5. The summed E-state index contributed by atoms with van der Waals surface area (Å²) in [4.78, 5) is 8.39. The summed E-state index contributed by atoms with van der Waals surface area (Å²) >= 11 is 0. The van der Waals surface area contributed by atoms with Crippen LogP contribution in [0.15, 0.2) is 30.3 Å². The van der Waals surface area contributed by atoms with E-state index in [1.54, 1.807) is 0 Å². The van der Waals surface area contributed by atoms with Crippen LogP contribution < -0.4 is 4.90 Å². The van der Waals surface area contributed by atoms with Gasteiger partial charge in [0, 0.05) is 55.4 Å². The maximum atomic E-state index is 2.89. The molecule has 0 radical (unpaired) electrons. The van der Waals surface area contributed by atoms with Crippen molar-refractivity contribution in [1.29, 1.82) is 0 Å². The molecule has 0 aromatic heterocycles. The summed E-state index contributed by atoms with van der Waals surface area (Å²) in [5.74, 6) is 3.49. The molecule has 1 aromatic rings. The molecule has 3 atom stereocenters. The minimum atomic E-state index is 0.372. The molecular formula is C27H43N3. The van der Waals surface area contributed by atoms with Crippen LogP contribution in [-0.4, -0.2) is 60.6 Å². The Labute approximate surface area is 184 Å². The second kappa shape index (κ2) is 8.13. The van der Waals surface area contributed by atoms with Crippen LogP contribution in [0, 0.1) is 23.7 Å². The van der Waals surface area contributed by atoms with Crippen molar-refractivity contribution in [2.24, 2.45) is 23.7 Å². The number of hydrogen-bond acceptors (Lipinski definition) is 3. The Balaban J connectivity index is 1.32. The Morgan fingerprint density at radius 1 is 0.933 bits per heavy atom. The summed E-state index contributed by atoms with van der Waals surface area (Å²) in [6.07, 6.45) is 8.48. The highest BCUT2D eigenvalue weighted by Crippen LogP contribution is 2.52. The molecule has 1 saturated carbocycles. The lowest BCUT2D eigenvalue weighted by Gasteiger charge is -2.51. The molecule has 3 heterocycles. The molecular weight excluding hydrogens is 366 g/mol. The topological polar surface area (TPSA) is 9.72 Å². The van der Waals surface area contributed by atoms with Crippen LogP contribution in [0.1, 0.15) is 59.3 Å². The van der Waals surface area contributed by atoms with Crippen LogP contribution in [0.3, 0.4) is 0 Å². The van der Waals surface area contributed by atoms with Gasteiger partial charge in [-0.15, -0.1) is 0 Å². The van der Waals surface area contributed by atoms with E-state index >= 15 is 0 Å². The van der Waals surface area contributed by atoms with Gasteiger partial charge in [0.15, 0.2) is 0 Å². The smallest absolute Gasteiger partial charge is 0.0470 e. The molecule has 3 heteroatoms. The zero-order valence-corrected chi connectivity index (χ0v) is 19.8. The van der Waals surface area contributed by atoms with E-state index in [0.717, 1.165) is 29.7 Å². The van der Waals surface area contributed by atoms with Crippen molar-refractivity contribution in [1.82, 2.24) is 9.80 Å². The standard InChI is InChI=1S/C27H43N3/c1-20(2)22-10-12-23(13-11-22)29-16-14-27(15-17-29)26-19-28(4)21(3)25(26)18-30(27)24-8-6-5-7-9-24/h5-9,20-23,25-26H,10-19H2,1-4H3. The van der Waals surface area contributed by atoms with Gasteiger partial charge in [-0.05, 0) is 82.4 Å². The van der Waals surface area contributed by atoms with Crippen molar-refractivity contribution >= 4 is 5.69 Å². The van der Waals surface area contributed by atoms with Gasteiger partial charge in [-0.3, -0.25) is 0 Å². The molecule has 3 unspecified atom stereocenters. The van der Waals surface area contributed by atoms with Crippen LogP contribution in [-0.2, 0) is 0 Å². The van der Waals surface area contributed by atoms with E-state index in [9.17, 15) is 0 Å². The molecule has 0 amide bonds. The molecule has 0 N–H and O–H groups in total. The average molecular weight is 410 g/mol. The number of likely N-dealkylation sites (tertiary alicyclic amines) is 2. The minimum Gasteiger partial charge on any atom is -0.365 e. The fourth-order valence-electron chi connectivity index (χ4n) is 7.74. The number of piperidine rings is 1. The first-order valence-electron chi connectivity index (χ1n) is 12.8. The van der Waals surface area contributed by atoms with Gasteiger partial charge in [0.05, 0.1) is 0 Å². The molecule has 4 fully saturated rings. The Bertz CT molecular complexity index is 700. The third-order valence-electron chi connectivity index (χ3n) is 9.87. The zero-order valence-electron chi connectivity index (χ0n) is 19.8. The van der Waals surface area contributed by atoms with Crippen molar-refractivity contribution < 1.29 is 0 Å². The molecule has 3 nitrogen and oxygen atoms in total. The van der Waals surface area contributed by atoms with Crippen molar-refractivity contribution in [2.45, 2.75) is 76.9 Å². The molecule has 0 bridgehead atoms. The highest BCUT2D eigenvalue weighted by atomic mass is 15.3. The van der Waals surface area contributed by atoms with Crippen LogP contribution in [0.4, 0.5) is 5.69 Å². The Kier molecular flexibility index (Phi) is 5.64. The number of rotatable bonds is 3.